The summed E-state index contributed by atoms with van der Waals surface area (Å²) in [7, 11) is 0. The first-order valence-electron chi connectivity index (χ1n) is 7.12. The number of nitrogens with one attached hydrogen (secondary N) is 1. The third kappa shape index (κ3) is 3.23. The third-order valence-electron chi connectivity index (χ3n) is 4.80. The second-order valence-corrected chi connectivity index (χ2v) is 6.43. The lowest BCUT2D eigenvalue weighted by Gasteiger charge is -2.41. The Kier molecular flexibility index (Phi) is 4.28. The molecule has 0 spiro atoms. The quantitative estimate of drug-likeness (QED) is 0.780. The van der Waals surface area contributed by atoms with E-state index in [1.165, 1.54) is 6.42 Å². The first kappa shape index (κ1) is 13.8. The van der Waals surface area contributed by atoms with Crippen molar-refractivity contribution in [3.8, 4) is 0 Å². The van der Waals surface area contributed by atoms with Crippen molar-refractivity contribution in [1.29, 1.82) is 0 Å². The van der Waals surface area contributed by atoms with Crippen molar-refractivity contribution < 1.29 is 9.53 Å². The van der Waals surface area contributed by atoms with Gasteiger partial charge in [0.2, 0.25) is 5.91 Å². The van der Waals surface area contributed by atoms with Crippen LogP contribution in [0.25, 0.3) is 0 Å². The van der Waals surface area contributed by atoms with Gasteiger partial charge in [0.05, 0.1) is 0 Å². The molecule has 0 aromatic carbocycles. The first-order chi connectivity index (χ1) is 8.58. The van der Waals surface area contributed by atoms with E-state index in [0.29, 0.717) is 13.0 Å². The van der Waals surface area contributed by atoms with Gasteiger partial charge in [0.15, 0.2) is 0 Å². The van der Waals surface area contributed by atoms with Crippen LogP contribution in [0.2, 0.25) is 0 Å². The van der Waals surface area contributed by atoms with Crippen LogP contribution < -0.4 is 11.1 Å². The Bertz CT molecular complexity index is 289. The Morgan fingerprint density at radius 1 is 1.28 bits per heavy atom. The van der Waals surface area contributed by atoms with Crippen LogP contribution in [0.15, 0.2) is 0 Å². The molecule has 0 aromatic heterocycles. The molecule has 1 saturated carbocycles. The predicted octanol–water partition coefficient (Wildman–Crippen LogP) is 1.44. The van der Waals surface area contributed by atoms with E-state index in [1.54, 1.807) is 0 Å². The van der Waals surface area contributed by atoms with E-state index in [0.717, 1.165) is 45.4 Å². The molecule has 1 amide bonds. The maximum atomic E-state index is 12.0. The largest absolute Gasteiger partial charge is 0.381 e. The third-order valence-corrected chi connectivity index (χ3v) is 4.80. The van der Waals surface area contributed by atoms with E-state index in [-0.39, 0.29) is 16.7 Å². The smallest absolute Gasteiger partial charge is 0.220 e. The van der Waals surface area contributed by atoms with Gasteiger partial charge in [-0.15, -0.1) is 0 Å². The molecule has 2 rings (SSSR count). The number of carbonyl (C=O) groups excluding carboxylic acids is 1. The molecule has 18 heavy (non-hydrogen) atoms. The minimum Gasteiger partial charge on any atom is -0.381 e. The van der Waals surface area contributed by atoms with Gasteiger partial charge in [0.25, 0.3) is 0 Å². The maximum absolute atomic E-state index is 12.0. The van der Waals surface area contributed by atoms with Gasteiger partial charge < -0.3 is 15.8 Å². The molecule has 2 aliphatic rings. The molecular formula is C14H26N2O2. The van der Waals surface area contributed by atoms with Crippen molar-refractivity contribution in [3.05, 3.63) is 0 Å². The molecule has 0 radical (unpaired) electrons. The summed E-state index contributed by atoms with van der Waals surface area (Å²) in [6.45, 7) is 5.29. The molecule has 1 aliphatic carbocycles. The van der Waals surface area contributed by atoms with E-state index in [9.17, 15) is 4.79 Å². The fourth-order valence-corrected chi connectivity index (χ4v) is 2.89. The van der Waals surface area contributed by atoms with E-state index in [2.05, 4.69) is 12.2 Å². The van der Waals surface area contributed by atoms with Crippen LogP contribution >= 0.6 is 0 Å². The van der Waals surface area contributed by atoms with Gasteiger partial charge in [-0.1, -0.05) is 13.3 Å². The molecule has 2 fully saturated rings. The van der Waals surface area contributed by atoms with Gasteiger partial charge in [-0.2, -0.15) is 0 Å². The fraction of sp³-hybridized carbons (Fsp3) is 0.929. The van der Waals surface area contributed by atoms with Crippen molar-refractivity contribution in [2.24, 2.45) is 16.6 Å². The number of carbonyl (C=O) groups is 1. The van der Waals surface area contributed by atoms with Crippen LogP contribution in [0.3, 0.4) is 0 Å². The highest BCUT2D eigenvalue weighted by Gasteiger charge is 2.38. The van der Waals surface area contributed by atoms with Gasteiger partial charge in [-0.25, -0.2) is 0 Å². The highest BCUT2D eigenvalue weighted by atomic mass is 16.5. The molecule has 4 heteroatoms. The van der Waals surface area contributed by atoms with Crippen LogP contribution in [-0.4, -0.2) is 32.2 Å². The lowest BCUT2D eigenvalue weighted by atomic mass is 9.66. The average molecular weight is 254 g/mol. The number of nitrogens with two attached hydrogens (primary N) is 1. The fourth-order valence-electron chi connectivity index (χ4n) is 2.89. The maximum Gasteiger partial charge on any atom is 0.220 e. The molecular weight excluding hydrogens is 228 g/mol. The summed E-state index contributed by atoms with van der Waals surface area (Å²) in [5, 5.41) is 3.10. The van der Waals surface area contributed by atoms with Crippen LogP contribution in [-0.2, 0) is 9.53 Å². The molecule has 4 nitrogen and oxygen atoms in total. The summed E-state index contributed by atoms with van der Waals surface area (Å²) in [6, 6.07) is 0. The van der Waals surface area contributed by atoms with Gasteiger partial charge >= 0.3 is 0 Å². The molecule has 0 atom stereocenters. The number of hydrogen-bond donors (Lipinski definition) is 2. The number of rotatable bonds is 5. The monoisotopic (exact) mass is 254 g/mol. The zero-order valence-corrected chi connectivity index (χ0v) is 11.5. The summed E-state index contributed by atoms with van der Waals surface area (Å²) >= 11 is 0. The number of hydrogen-bond acceptors (Lipinski definition) is 3. The van der Waals surface area contributed by atoms with Crippen LogP contribution in [0.4, 0.5) is 0 Å². The lowest BCUT2D eigenvalue weighted by molar-refractivity contribution is -0.125. The van der Waals surface area contributed by atoms with Gasteiger partial charge in [-0.3, -0.25) is 4.79 Å². The summed E-state index contributed by atoms with van der Waals surface area (Å²) in [5.41, 5.74) is 6.11. The van der Waals surface area contributed by atoms with Crippen LogP contribution in [0.1, 0.15) is 45.4 Å². The minimum atomic E-state index is 0.112. The van der Waals surface area contributed by atoms with E-state index < -0.39 is 0 Å². The Labute approximate surface area is 110 Å². The van der Waals surface area contributed by atoms with E-state index in [4.69, 9.17) is 10.5 Å². The van der Waals surface area contributed by atoms with E-state index >= 15 is 0 Å². The number of ether oxygens (including phenoxy) is 1. The summed E-state index contributed by atoms with van der Waals surface area (Å²) in [6.07, 6.45) is 6.13. The Morgan fingerprint density at radius 2 is 1.94 bits per heavy atom. The second kappa shape index (κ2) is 5.57. The van der Waals surface area contributed by atoms with E-state index in [1.807, 2.05) is 0 Å². The van der Waals surface area contributed by atoms with Crippen LogP contribution in [0.5, 0.6) is 0 Å². The highest BCUT2D eigenvalue weighted by Crippen LogP contribution is 2.42. The SMILES string of the molecule is CC1(CNC(=O)CC2(CN)CCC2)CCOCC1. The second-order valence-electron chi connectivity index (χ2n) is 6.43. The zero-order chi connectivity index (χ0) is 13.1. The van der Waals surface area contributed by atoms with Crippen LogP contribution in [0, 0.1) is 10.8 Å². The standard InChI is InChI=1S/C14H26N2O2/c1-13(5-7-18-8-6-13)11-16-12(17)9-14(10-15)3-2-4-14/h2-11,15H2,1H3,(H,16,17). The van der Waals surface area contributed by atoms with Crippen molar-refractivity contribution in [3.63, 3.8) is 0 Å². The average Bonchev–Trinajstić information content (AvgIpc) is 2.32. The first-order valence-corrected chi connectivity index (χ1v) is 7.12. The topological polar surface area (TPSA) is 64.4 Å². The van der Waals surface area contributed by atoms with Crippen molar-refractivity contribution >= 4 is 5.91 Å². The molecule has 0 aromatic rings. The molecule has 1 aliphatic heterocycles. The Hall–Kier alpha value is -0.610. The molecule has 3 N–H and O–H groups in total. The molecule has 1 saturated heterocycles. The van der Waals surface area contributed by atoms with Crippen molar-refractivity contribution in [2.45, 2.75) is 45.4 Å². The van der Waals surface area contributed by atoms with Gasteiger partial charge in [-0.05, 0) is 43.1 Å². The highest BCUT2D eigenvalue weighted by molar-refractivity contribution is 5.76. The predicted molar refractivity (Wildman–Crippen MR) is 71.1 cm³/mol. The molecule has 104 valence electrons. The van der Waals surface area contributed by atoms with Gasteiger partial charge in [0, 0.05) is 26.2 Å². The minimum absolute atomic E-state index is 0.112. The lowest BCUT2D eigenvalue weighted by Crippen LogP contribution is -2.44. The molecule has 0 bridgehead atoms. The molecule has 0 unspecified atom stereocenters. The Balaban J connectivity index is 1.74. The normalized spacial score (nSPS) is 25.2. The molecule has 1 heterocycles. The Morgan fingerprint density at radius 3 is 2.44 bits per heavy atom. The summed E-state index contributed by atoms with van der Waals surface area (Å²) in [4.78, 5) is 12.0. The zero-order valence-electron chi connectivity index (χ0n) is 11.5. The van der Waals surface area contributed by atoms with Crippen molar-refractivity contribution in [2.75, 3.05) is 26.3 Å². The summed E-state index contributed by atoms with van der Waals surface area (Å²) in [5.74, 6) is 0.174. The summed E-state index contributed by atoms with van der Waals surface area (Å²) < 4.78 is 5.37. The van der Waals surface area contributed by atoms with Crippen molar-refractivity contribution in [1.82, 2.24) is 5.32 Å². The van der Waals surface area contributed by atoms with Gasteiger partial charge in [0.1, 0.15) is 0 Å². The number of amides is 1.